The van der Waals surface area contributed by atoms with E-state index in [0.29, 0.717) is 12.7 Å². The zero-order chi connectivity index (χ0) is 11.1. The fourth-order valence-electron chi connectivity index (χ4n) is 0.719. The van der Waals surface area contributed by atoms with Crippen LogP contribution in [0.25, 0.3) is 0 Å². The molecule has 0 aromatic heterocycles. The van der Waals surface area contributed by atoms with Crippen LogP contribution in [-0.4, -0.2) is 35.4 Å². The van der Waals surface area contributed by atoms with E-state index in [1.807, 2.05) is 13.8 Å². The minimum atomic E-state index is -1.28. The van der Waals surface area contributed by atoms with E-state index in [1.54, 1.807) is 0 Å². The predicted octanol–water partition coefficient (Wildman–Crippen LogP) is 0.755. The van der Waals surface area contributed by atoms with Crippen molar-refractivity contribution < 1.29 is 24.5 Å². The average molecular weight is 202 g/mol. The molecular formula is C9H14O5. The maximum absolute atomic E-state index is 10.5. The Bertz CT molecular complexity index is 242. The quantitative estimate of drug-likeness (QED) is 0.621. The van der Waals surface area contributed by atoms with Crippen molar-refractivity contribution in [1.82, 2.24) is 0 Å². The van der Waals surface area contributed by atoms with Crippen LogP contribution >= 0.6 is 0 Å². The lowest BCUT2D eigenvalue weighted by Gasteiger charge is -2.06. The molecule has 0 amide bonds. The van der Waals surface area contributed by atoms with Gasteiger partial charge in [-0.1, -0.05) is 13.8 Å². The van der Waals surface area contributed by atoms with E-state index in [1.165, 1.54) is 0 Å². The molecule has 0 aliphatic rings. The zero-order valence-corrected chi connectivity index (χ0v) is 8.19. The number of carbonyl (C=O) groups is 2. The smallest absolute Gasteiger partial charge is 0.334 e. The lowest BCUT2D eigenvalue weighted by Crippen LogP contribution is -2.12. The third-order valence-corrected chi connectivity index (χ3v) is 1.28. The summed E-state index contributed by atoms with van der Waals surface area (Å²) in [7, 11) is 0. The van der Waals surface area contributed by atoms with Crippen LogP contribution in [0.4, 0.5) is 0 Å². The molecule has 14 heavy (non-hydrogen) atoms. The van der Waals surface area contributed by atoms with Gasteiger partial charge < -0.3 is 14.9 Å². The SMILES string of the molecule is CC(C)COC/C(=C/C(=O)O)C(=O)O. The summed E-state index contributed by atoms with van der Waals surface area (Å²) in [6, 6.07) is 0. The summed E-state index contributed by atoms with van der Waals surface area (Å²) in [4.78, 5) is 20.7. The number of hydrogen-bond donors (Lipinski definition) is 2. The largest absolute Gasteiger partial charge is 0.478 e. The lowest BCUT2D eigenvalue weighted by molar-refractivity contribution is -0.135. The van der Waals surface area contributed by atoms with Crippen molar-refractivity contribution in [2.24, 2.45) is 5.92 Å². The molecule has 5 heteroatoms. The van der Waals surface area contributed by atoms with Gasteiger partial charge in [0.1, 0.15) is 0 Å². The Labute approximate surface area is 82.0 Å². The fraction of sp³-hybridized carbons (Fsp3) is 0.556. The van der Waals surface area contributed by atoms with E-state index in [4.69, 9.17) is 14.9 Å². The van der Waals surface area contributed by atoms with Gasteiger partial charge in [-0.3, -0.25) is 0 Å². The summed E-state index contributed by atoms with van der Waals surface area (Å²) < 4.78 is 5.01. The monoisotopic (exact) mass is 202 g/mol. The topological polar surface area (TPSA) is 83.8 Å². The Balaban J connectivity index is 4.12. The molecule has 80 valence electrons. The first-order valence-electron chi connectivity index (χ1n) is 4.18. The summed E-state index contributed by atoms with van der Waals surface area (Å²) in [5, 5.41) is 16.9. The van der Waals surface area contributed by atoms with Gasteiger partial charge in [-0.15, -0.1) is 0 Å². The number of ether oxygens (including phenoxy) is 1. The number of carboxylic acid groups (broad SMARTS) is 2. The van der Waals surface area contributed by atoms with Crippen LogP contribution in [0.15, 0.2) is 11.6 Å². The van der Waals surface area contributed by atoms with E-state index in [-0.39, 0.29) is 18.1 Å². The minimum Gasteiger partial charge on any atom is -0.478 e. The molecule has 0 aromatic carbocycles. The van der Waals surface area contributed by atoms with Crippen LogP contribution in [0.2, 0.25) is 0 Å². The summed E-state index contributed by atoms with van der Waals surface area (Å²) in [5.41, 5.74) is -0.252. The van der Waals surface area contributed by atoms with E-state index >= 15 is 0 Å². The summed E-state index contributed by atoms with van der Waals surface area (Å²) in [5.74, 6) is -2.26. The van der Waals surface area contributed by atoms with Crippen LogP contribution in [0.5, 0.6) is 0 Å². The van der Waals surface area contributed by atoms with Gasteiger partial charge in [0.25, 0.3) is 0 Å². The normalized spacial score (nSPS) is 11.8. The van der Waals surface area contributed by atoms with Crippen molar-refractivity contribution in [2.75, 3.05) is 13.2 Å². The second kappa shape index (κ2) is 6.15. The molecule has 0 aliphatic carbocycles. The van der Waals surface area contributed by atoms with Crippen molar-refractivity contribution in [1.29, 1.82) is 0 Å². The Morgan fingerprint density at radius 2 is 1.93 bits per heavy atom. The highest BCUT2D eigenvalue weighted by molar-refractivity contribution is 5.94. The number of rotatable bonds is 6. The summed E-state index contributed by atoms with van der Waals surface area (Å²) in [6.45, 7) is 4.06. The molecule has 0 unspecified atom stereocenters. The molecule has 5 nitrogen and oxygen atoms in total. The van der Waals surface area contributed by atoms with Crippen LogP contribution in [0.1, 0.15) is 13.8 Å². The molecule has 0 aromatic rings. The van der Waals surface area contributed by atoms with Crippen molar-refractivity contribution in [2.45, 2.75) is 13.8 Å². The molecule has 0 aliphatic heterocycles. The van der Waals surface area contributed by atoms with Gasteiger partial charge >= 0.3 is 11.9 Å². The zero-order valence-electron chi connectivity index (χ0n) is 8.19. The van der Waals surface area contributed by atoms with Crippen LogP contribution in [0, 0.1) is 5.92 Å². The van der Waals surface area contributed by atoms with Crippen molar-refractivity contribution in [3.63, 3.8) is 0 Å². The highest BCUT2D eigenvalue weighted by Gasteiger charge is 2.09. The molecule has 0 spiro atoms. The average Bonchev–Trinajstić information content (AvgIpc) is 2.00. The van der Waals surface area contributed by atoms with Gasteiger partial charge in [0.05, 0.1) is 12.2 Å². The number of aliphatic carboxylic acids is 2. The molecule has 2 N–H and O–H groups in total. The van der Waals surface area contributed by atoms with E-state index in [2.05, 4.69) is 0 Å². The molecule has 0 bridgehead atoms. The van der Waals surface area contributed by atoms with Crippen molar-refractivity contribution >= 4 is 11.9 Å². The molecule has 0 fully saturated rings. The Kier molecular flexibility index (Phi) is 5.55. The van der Waals surface area contributed by atoms with Gasteiger partial charge in [-0.05, 0) is 5.92 Å². The van der Waals surface area contributed by atoms with Crippen LogP contribution in [-0.2, 0) is 14.3 Å². The van der Waals surface area contributed by atoms with Gasteiger partial charge in [0.2, 0.25) is 0 Å². The fourth-order valence-corrected chi connectivity index (χ4v) is 0.719. The van der Waals surface area contributed by atoms with Crippen LogP contribution < -0.4 is 0 Å². The van der Waals surface area contributed by atoms with E-state index in [9.17, 15) is 9.59 Å². The number of hydrogen-bond acceptors (Lipinski definition) is 3. The Morgan fingerprint density at radius 1 is 1.36 bits per heavy atom. The molecule has 0 radical (unpaired) electrons. The minimum absolute atomic E-state index is 0.181. The predicted molar refractivity (Wildman–Crippen MR) is 49.0 cm³/mol. The lowest BCUT2D eigenvalue weighted by atomic mass is 10.2. The van der Waals surface area contributed by atoms with Gasteiger partial charge in [0.15, 0.2) is 0 Å². The Morgan fingerprint density at radius 3 is 2.29 bits per heavy atom. The first kappa shape index (κ1) is 12.6. The first-order valence-corrected chi connectivity index (χ1v) is 4.18. The standard InChI is InChI=1S/C9H14O5/c1-6(2)4-14-5-7(9(12)13)3-8(10)11/h3,6H,4-5H2,1-2H3,(H,10,11)(H,12,13)/b7-3-. The van der Waals surface area contributed by atoms with Gasteiger partial charge in [0, 0.05) is 12.7 Å². The third kappa shape index (κ3) is 6.19. The molecule has 0 saturated heterocycles. The first-order chi connectivity index (χ1) is 6.43. The van der Waals surface area contributed by atoms with Crippen molar-refractivity contribution in [3.8, 4) is 0 Å². The maximum atomic E-state index is 10.5. The second-order valence-electron chi connectivity index (χ2n) is 3.22. The molecule has 0 saturated carbocycles. The molecule has 0 rings (SSSR count). The summed E-state index contributed by atoms with van der Waals surface area (Å²) >= 11 is 0. The van der Waals surface area contributed by atoms with Crippen molar-refractivity contribution in [3.05, 3.63) is 11.6 Å². The Hall–Kier alpha value is -1.36. The highest BCUT2D eigenvalue weighted by atomic mass is 16.5. The van der Waals surface area contributed by atoms with E-state index in [0.717, 1.165) is 0 Å². The molecular weight excluding hydrogens is 188 g/mol. The maximum Gasteiger partial charge on any atom is 0.334 e. The number of carboxylic acids is 2. The van der Waals surface area contributed by atoms with E-state index < -0.39 is 11.9 Å². The van der Waals surface area contributed by atoms with Gasteiger partial charge in [-0.2, -0.15) is 0 Å². The highest BCUT2D eigenvalue weighted by Crippen LogP contribution is 1.99. The second-order valence-corrected chi connectivity index (χ2v) is 3.22. The van der Waals surface area contributed by atoms with Crippen LogP contribution in [0.3, 0.4) is 0 Å². The van der Waals surface area contributed by atoms with Gasteiger partial charge in [-0.25, -0.2) is 9.59 Å². The molecule has 0 atom stereocenters. The molecule has 0 heterocycles. The third-order valence-electron chi connectivity index (χ3n) is 1.28. The summed E-state index contributed by atoms with van der Waals surface area (Å²) in [6.07, 6.45) is 0.642.